The first-order valence-corrected chi connectivity index (χ1v) is 8.37. The van der Waals surface area contributed by atoms with E-state index in [1.54, 1.807) is 6.92 Å². The molecule has 1 N–H and O–H groups in total. The molecule has 2 aromatic rings. The maximum atomic E-state index is 13.2. The van der Waals surface area contributed by atoms with E-state index in [1.165, 1.54) is 6.07 Å². The van der Waals surface area contributed by atoms with Crippen molar-refractivity contribution in [1.82, 2.24) is 5.32 Å². The van der Waals surface area contributed by atoms with E-state index >= 15 is 0 Å². The molecule has 2 aromatic carbocycles. The molecule has 1 unspecified atom stereocenters. The first kappa shape index (κ1) is 18.4. The Balaban J connectivity index is 1.73. The molecule has 0 radical (unpaired) electrons. The van der Waals surface area contributed by atoms with Crippen LogP contribution >= 0.6 is 15.9 Å². The van der Waals surface area contributed by atoms with E-state index in [1.807, 2.05) is 24.3 Å². The second-order valence-corrected chi connectivity index (χ2v) is 6.29. The number of rotatable bonds is 7. The number of hydrogen-bond donors (Lipinski definition) is 1. The Morgan fingerprint density at radius 3 is 2.71 bits per heavy atom. The van der Waals surface area contributed by atoms with Crippen LogP contribution in [0.2, 0.25) is 0 Å². The van der Waals surface area contributed by atoms with Crippen LogP contribution in [0.25, 0.3) is 0 Å². The number of amides is 1. The Bertz CT molecular complexity index is 709. The van der Waals surface area contributed by atoms with Gasteiger partial charge in [0.1, 0.15) is 5.75 Å². The number of carbonyl (C=O) groups is 1. The zero-order chi connectivity index (χ0) is 17.5. The van der Waals surface area contributed by atoms with Gasteiger partial charge in [0.25, 0.3) is 0 Å². The van der Waals surface area contributed by atoms with E-state index in [-0.39, 0.29) is 5.91 Å². The topological polar surface area (TPSA) is 38.3 Å². The Labute approximate surface area is 148 Å². The summed E-state index contributed by atoms with van der Waals surface area (Å²) in [6.07, 6.45) is 0.852. The van der Waals surface area contributed by atoms with Gasteiger partial charge in [-0.1, -0.05) is 28.1 Å². The van der Waals surface area contributed by atoms with Gasteiger partial charge in [0.2, 0.25) is 5.91 Å². The highest BCUT2D eigenvalue weighted by atomic mass is 79.9. The fraction of sp³-hybridized carbons (Fsp3) is 0.278. The zero-order valence-electron chi connectivity index (χ0n) is 13.2. The third-order valence-corrected chi connectivity index (χ3v) is 3.93. The van der Waals surface area contributed by atoms with Crippen LogP contribution in [0.4, 0.5) is 8.78 Å². The second-order valence-electron chi connectivity index (χ2n) is 5.37. The van der Waals surface area contributed by atoms with E-state index in [9.17, 15) is 13.6 Å². The minimum Gasteiger partial charge on any atom is -0.494 e. The summed E-state index contributed by atoms with van der Waals surface area (Å²) in [6, 6.07) is 10.7. The first-order chi connectivity index (χ1) is 11.5. The third-order valence-electron chi connectivity index (χ3n) is 3.43. The monoisotopic (exact) mass is 397 g/mol. The molecule has 2 rings (SSSR count). The summed E-state index contributed by atoms with van der Waals surface area (Å²) < 4.78 is 32.6. The van der Waals surface area contributed by atoms with Crippen LogP contribution in [0, 0.1) is 11.6 Å². The molecule has 0 heterocycles. The fourth-order valence-electron chi connectivity index (χ4n) is 2.16. The molecule has 0 aliphatic rings. The molecular weight excluding hydrogens is 380 g/mol. The molecule has 1 amide bonds. The average molecular weight is 398 g/mol. The fourth-order valence-corrected chi connectivity index (χ4v) is 2.54. The van der Waals surface area contributed by atoms with E-state index in [2.05, 4.69) is 21.2 Å². The third kappa shape index (κ3) is 5.60. The molecule has 0 bridgehead atoms. The Kier molecular flexibility index (Phi) is 6.73. The van der Waals surface area contributed by atoms with Gasteiger partial charge in [-0.15, -0.1) is 0 Å². The van der Waals surface area contributed by atoms with E-state index in [0.29, 0.717) is 25.0 Å². The smallest absolute Gasteiger partial charge is 0.220 e. The summed E-state index contributed by atoms with van der Waals surface area (Å²) in [4.78, 5) is 11.9. The predicted molar refractivity (Wildman–Crippen MR) is 91.8 cm³/mol. The molecule has 0 aliphatic heterocycles. The Morgan fingerprint density at radius 1 is 1.21 bits per heavy atom. The summed E-state index contributed by atoms with van der Waals surface area (Å²) in [6.45, 7) is 2.14. The average Bonchev–Trinajstić information content (AvgIpc) is 2.54. The van der Waals surface area contributed by atoms with E-state index in [4.69, 9.17) is 4.74 Å². The highest BCUT2D eigenvalue weighted by molar-refractivity contribution is 9.10. The van der Waals surface area contributed by atoms with Gasteiger partial charge >= 0.3 is 0 Å². The SMILES string of the molecule is CC(NC(=O)CCCOc1cccc(Br)c1)c1ccc(F)c(F)c1. The lowest BCUT2D eigenvalue weighted by molar-refractivity contribution is -0.121. The summed E-state index contributed by atoms with van der Waals surface area (Å²) in [5.74, 6) is -1.25. The van der Waals surface area contributed by atoms with E-state index < -0.39 is 17.7 Å². The van der Waals surface area contributed by atoms with Crippen molar-refractivity contribution >= 4 is 21.8 Å². The van der Waals surface area contributed by atoms with Crippen LogP contribution in [0.1, 0.15) is 31.4 Å². The second kappa shape index (κ2) is 8.78. The van der Waals surface area contributed by atoms with Gasteiger partial charge in [-0.2, -0.15) is 0 Å². The molecule has 24 heavy (non-hydrogen) atoms. The quantitative estimate of drug-likeness (QED) is 0.683. The minimum absolute atomic E-state index is 0.162. The number of benzene rings is 2. The van der Waals surface area contributed by atoms with Crippen molar-refractivity contribution in [2.24, 2.45) is 0 Å². The van der Waals surface area contributed by atoms with Crippen molar-refractivity contribution in [2.75, 3.05) is 6.61 Å². The lowest BCUT2D eigenvalue weighted by Gasteiger charge is -2.14. The Morgan fingerprint density at radius 2 is 2.00 bits per heavy atom. The lowest BCUT2D eigenvalue weighted by Crippen LogP contribution is -2.26. The summed E-state index contributed by atoms with van der Waals surface area (Å²) in [5.41, 5.74) is 0.521. The number of halogens is 3. The molecular formula is C18H18BrF2NO2. The normalized spacial score (nSPS) is 11.8. The van der Waals surface area contributed by atoms with Crippen LogP contribution < -0.4 is 10.1 Å². The van der Waals surface area contributed by atoms with Crippen molar-refractivity contribution in [3.63, 3.8) is 0 Å². The molecule has 0 saturated carbocycles. The van der Waals surface area contributed by atoms with Gasteiger partial charge in [0, 0.05) is 10.9 Å². The highest BCUT2D eigenvalue weighted by Gasteiger charge is 2.12. The van der Waals surface area contributed by atoms with Crippen LogP contribution in [0.5, 0.6) is 5.75 Å². The predicted octanol–water partition coefficient (Wildman–Crippen LogP) is 4.76. The maximum absolute atomic E-state index is 13.2. The van der Waals surface area contributed by atoms with Gasteiger partial charge in [0.15, 0.2) is 11.6 Å². The van der Waals surface area contributed by atoms with Gasteiger partial charge in [0.05, 0.1) is 12.6 Å². The first-order valence-electron chi connectivity index (χ1n) is 7.58. The van der Waals surface area contributed by atoms with Crippen molar-refractivity contribution in [3.8, 4) is 5.75 Å². The molecule has 6 heteroatoms. The summed E-state index contributed by atoms with van der Waals surface area (Å²) >= 11 is 3.36. The summed E-state index contributed by atoms with van der Waals surface area (Å²) in [5, 5.41) is 2.76. The molecule has 3 nitrogen and oxygen atoms in total. The maximum Gasteiger partial charge on any atom is 0.220 e. The largest absolute Gasteiger partial charge is 0.494 e. The van der Waals surface area contributed by atoms with E-state index in [0.717, 1.165) is 22.4 Å². The number of nitrogens with one attached hydrogen (secondary N) is 1. The van der Waals surface area contributed by atoms with Gasteiger partial charge in [-0.05, 0) is 49.2 Å². The zero-order valence-corrected chi connectivity index (χ0v) is 14.8. The van der Waals surface area contributed by atoms with Gasteiger partial charge in [-0.25, -0.2) is 8.78 Å². The lowest BCUT2D eigenvalue weighted by atomic mass is 10.1. The summed E-state index contributed by atoms with van der Waals surface area (Å²) in [7, 11) is 0. The number of carbonyl (C=O) groups excluding carboxylic acids is 1. The molecule has 0 spiro atoms. The molecule has 0 saturated heterocycles. The van der Waals surface area contributed by atoms with Gasteiger partial charge in [-0.3, -0.25) is 4.79 Å². The van der Waals surface area contributed by atoms with Crippen molar-refractivity contribution in [3.05, 3.63) is 64.1 Å². The van der Waals surface area contributed by atoms with Crippen molar-refractivity contribution in [1.29, 1.82) is 0 Å². The molecule has 0 aliphatic carbocycles. The Hall–Kier alpha value is -1.95. The molecule has 1 atom stereocenters. The standard InChI is InChI=1S/C18H18BrF2NO2/c1-12(13-7-8-16(20)17(21)10-13)22-18(23)6-3-9-24-15-5-2-4-14(19)11-15/h2,4-5,7-8,10-12H,3,6,9H2,1H3,(H,22,23). The molecule has 128 valence electrons. The van der Waals surface area contributed by atoms with Crippen LogP contribution in [0.3, 0.4) is 0 Å². The van der Waals surface area contributed by atoms with Crippen molar-refractivity contribution < 1.29 is 18.3 Å². The minimum atomic E-state index is -0.920. The van der Waals surface area contributed by atoms with Crippen LogP contribution in [0.15, 0.2) is 46.9 Å². The van der Waals surface area contributed by atoms with Gasteiger partial charge < -0.3 is 10.1 Å². The van der Waals surface area contributed by atoms with Crippen LogP contribution in [-0.2, 0) is 4.79 Å². The van der Waals surface area contributed by atoms with Crippen LogP contribution in [-0.4, -0.2) is 12.5 Å². The highest BCUT2D eigenvalue weighted by Crippen LogP contribution is 2.18. The number of ether oxygens (including phenoxy) is 1. The number of hydrogen-bond acceptors (Lipinski definition) is 2. The van der Waals surface area contributed by atoms with Crippen molar-refractivity contribution in [2.45, 2.75) is 25.8 Å². The molecule has 0 fully saturated rings. The molecule has 0 aromatic heterocycles.